The summed E-state index contributed by atoms with van der Waals surface area (Å²) < 4.78 is 0. The third-order valence-corrected chi connectivity index (χ3v) is 2.86. The van der Waals surface area contributed by atoms with E-state index in [4.69, 9.17) is 0 Å². The van der Waals surface area contributed by atoms with Crippen molar-refractivity contribution in [1.82, 2.24) is 5.32 Å². The van der Waals surface area contributed by atoms with E-state index < -0.39 is 0 Å². The van der Waals surface area contributed by atoms with Gasteiger partial charge in [0.15, 0.2) is 0 Å². The van der Waals surface area contributed by atoms with Crippen LogP contribution < -0.4 is 5.32 Å². The molecule has 0 radical (unpaired) electrons. The minimum absolute atomic E-state index is 0. The lowest BCUT2D eigenvalue weighted by molar-refractivity contribution is 0.456. The van der Waals surface area contributed by atoms with E-state index in [-0.39, 0.29) is 17.0 Å². The number of hydrogen-bond acceptors (Lipinski definition) is 2. The second-order valence-electron chi connectivity index (χ2n) is 3.93. The van der Waals surface area contributed by atoms with Crippen molar-refractivity contribution in [3.8, 4) is 5.75 Å². The van der Waals surface area contributed by atoms with Crippen molar-refractivity contribution in [2.45, 2.75) is 32.2 Å². The first-order chi connectivity index (χ1) is 6.81. The Bertz CT molecular complexity index is 327. The quantitative estimate of drug-likeness (QED) is 0.867. The van der Waals surface area contributed by atoms with E-state index in [1.165, 1.54) is 24.0 Å². The third kappa shape index (κ3) is 2.73. The topological polar surface area (TPSA) is 32.3 Å². The Balaban J connectivity index is 0.00000112. The number of fused-ring (bicyclic) bond motifs is 1. The Morgan fingerprint density at radius 2 is 2.27 bits per heavy atom. The second-order valence-corrected chi connectivity index (χ2v) is 3.93. The number of benzene rings is 1. The van der Waals surface area contributed by atoms with Crippen molar-refractivity contribution in [1.29, 1.82) is 0 Å². The Kier molecular flexibility index (Phi) is 4.61. The largest absolute Gasteiger partial charge is 0.508 e. The van der Waals surface area contributed by atoms with Crippen LogP contribution in [0.4, 0.5) is 0 Å². The normalized spacial score (nSPS) is 19.1. The van der Waals surface area contributed by atoms with Crippen LogP contribution in [0.1, 0.15) is 36.9 Å². The van der Waals surface area contributed by atoms with Crippen molar-refractivity contribution >= 4 is 17.0 Å². The Morgan fingerprint density at radius 3 is 3.00 bits per heavy atom. The molecule has 0 amide bonds. The molecule has 3 heteroatoms. The van der Waals surface area contributed by atoms with Crippen molar-refractivity contribution < 1.29 is 5.11 Å². The summed E-state index contributed by atoms with van der Waals surface area (Å²) in [6.07, 6.45) is 3.40. The van der Waals surface area contributed by atoms with Crippen LogP contribution in [-0.2, 0) is 6.42 Å². The van der Waals surface area contributed by atoms with Gasteiger partial charge in [-0.05, 0) is 42.6 Å². The first kappa shape index (κ1) is 12.5. The van der Waals surface area contributed by atoms with Crippen molar-refractivity contribution in [2.75, 3.05) is 6.54 Å². The van der Waals surface area contributed by atoms with Crippen LogP contribution in [0.2, 0.25) is 0 Å². The van der Waals surface area contributed by atoms with E-state index in [0.717, 1.165) is 13.0 Å². The van der Waals surface area contributed by atoms with E-state index in [1.807, 2.05) is 6.07 Å². The maximum atomic E-state index is 9.38. The average molecular weight is 272 g/mol. The number of hydrogen-bond donors (Lipinski definition) is 2. The monoisotopic (exact) mass is 271 g/mol. The molecule has 2 N–H and O–H groups in total. The molecule has 0 fully saturated rings. The lowest BCUT2D eigenvalue weighted by Crippen LogP contribution is -2.29. The van der Waals surface area contributed by atoms with E-state index >= 15 is 0 Å². The van der Waals surface area contributed by atoms with Crippen LogP contribution in [-0.4, -0.2) is 11.7 Å². The lowest BCUT2D eigenvalue weighted by Gasteiger charge is -2.26. The first-order valence-corrected chi connectivity index (χ1v) is 5.36. The summed E-state index contributed by atoms with van der Waals surface area (Å²) in [4.78, 5) is 0. The zero-order chi connectivity index (χ0) is 9.97. The van der Waals surface area contributed by atoms with Crippen molar-refractivity contribution in [2.24, 2.45) is 0 Å². The lowest BCUT2D eigenvalue weighted by atomic mass is 9.92. The zero-order valence-electron chi connectivity index (χ0n) is 8.99. The van der Waals surface area contributed by atoms with E-state index in [0.29, 0.717) is 11.8 Å². The molecular formula is C12H18BrNO. The van der Waals surface area contributed by atoms with Crippen LogP contribution in [0.5, 0.6) is 5.75 Å². The molecular weight excluding hydrogens is 254 g/mol. The summed E-state index contributed by atoms with van der Waals surface area (Å²) in [7, 11) is 0. The molecule has 0 spiro atoms. The first-order valence-electron chi connectivity index (χ1n) is 5.36. The maximum absolute atomic E-state index is 9.38. The summed E-state index contributed by atoms with van der Waals surface area (Å²) in [5.41, 5.74) is 2.68. The molecule has 2 rings (SSSR count). The number of aromatic hydroxyl groups is 1. The molecule has 1 aliphatic rings. The molecule has 15 heavy (non-hydrogen) atoms. The summed E-state index contributed by atoms with van der Waals surface area (Å²) in [6.45, 7) is 3.23. The third-order valence-electron chi connectivity index (χ3n) is 2.86. The van der Waals surface area contributed by atoms with Gasteiger partial charge in [-0.15, -0.1) is 17.0 Å². The predicted octanol–water partition coefficient (Wildman–Crippen LogP) is 2.96. The van der Waals surface area contributed by atoms with Crippen LogP contribution in [0, 0.1) is 0 Å². The highest BCUT2D eigenvalue weighted by atomic mass is 79.9. The van der Waals surface area contributed by atoms with Gasteiger partial charge < -0.3 is 10.4 Å². The molecule has 1 aromatic carbocycles. The van der Waals surface area contributed by atoms with Gasteiger partial charge in [0, 0.05) is 6.04 Å². The van der Waals surface area contributed by atoms with Gasteiger partial charge in [0.1, 0.15) is 5.75 Å². The fourth-order valence-corrected chi connectivity index (χ4v) is 2.19. The van der Waals surface area contributed by atoms with Gasteiger partial charge in [0.25, 0.3) is 0 Å². The van der Waals surface area contributed by atoms with Crippen LogP contribution in [0.3, 0.4) is 0 Å². The standard InChI is InChI=1S/C12H17NO.BrH/c1-2-3-12-11-5-4-10(14)8-9(11)6-7-13-12;/h4-5,8,12-14H,2-3,6-7H2,1H3;1H. The number of rotatable bonds is 2. The fourth-order valence-electron chi connectivity index (χ4n) is 2.19. The van der Waals surface area contributed by atoms with E-state index in [1.54, 1.807) is 6.07 Å². The van der Waals surface area contributed by atoms with Gasteiger partial charge in [-0.25, -0.2) is 0 Å². The highest BCUT2D eigenvalue weighted by molar-refractivity contribution is 8.93. The predicted molar refractivity (Wildman–Crippen MR) is 67.8 cm³/mol. The minimum atomic E-state index is 0. The Morgan fingerprint density at radius 1 is 1.47 bits per heavy atom. The molecule has 84 valence electrons. The number of phenols is 1. The van der Waals surface area contributed by atoms with Crippen LogP contribution >= 0.6 is 17.0 Å². The number of phenolic OH excluding ortho intramolecular Hbond substituents is 1. The summed E-state index contributed by atoms with van der Waals surface area (Å²) in [5, 5.41) is 12.9. The number of halogens is 1. The summed E-state index contributed by atoms with van der Waals surface area (Å²) in [5.74, 6) is 0.390. The second kappa shape index (κ2) is 5.52. The van der Waals surface area contributed by atoms with Gasteiger partial charge in [-0.2, -0.15) is 0 Å². The van der Waals surface area contributed by atoms with E-state index in [2.05, 4.69) is 18.3 Å². The van der Waals surface area contributed by atoms with Gasteiger partial charge >= 0.3 is 0 Å². The number of nitrogens with one attached hydrogen (secondary N) is 1. The Labute approximate surface area is 101 Å². The molecule has 0 saturated heterocycles. The van der Waals surface area contributed by atoms with Gasteiger partial charge in [-0.3, -0.25) is 0 Å². The van der Waals surface area contributed by atoms with Crippen molar-refractivity contribution in [3.05, 3.63) is 29.3 Å². The molecule has 1 unspecified atom stereocenters. The molecule has 0 saturated carbocycles. The van der Waals surface area contributed by atoms with Crippen LogP contribution in [0.15, 0.2) is 18.2 Å². The maximum Gasteiger partial charge on any atom is 0.115 e. The molecule has 1 heterocycles. The van der Waals surface area contributed by atoms with Crippen molar-refractivity contribution in [3.63, 3.8) is 0 Å². The van der Waals surface area contributed by atoms with Gasteiger partial charge in [0.2, 0.25) is 0 Å². The molecule has 2 nitrogen and oxygen atoms in total. The van der Waals surface area contributed by atoms with E-state index in [9.17, 15) is 5.11 Å². The Hall–Kier alpha value is -0.540. The molecule has 1 atom stereocenters. The molecule has 0 aromatic heterocycles. The van der Waals surface area contributed by atoms with Gasteiger partial charge in [0.05, 0.1) is 0 Å². The summed E-state index contributed by atoms with van der Waals surface area (Å²) >= 11 is 0. The average Bonchev–Trinajstić information content (AvgIpc) is 2.18. The highest BCUT2D eigenvalue weighted by Crippen LogP contribution is 2.28. The molecule has 1 aliphatic heterocycles. The van der Waals surface area contributed by atoms with Crippen LogP contribution in [0.25, 0.3) is 0 Å². The molecule has 0 bridgehead atoms. The van der Waals surface area contributed by atoms with Gasteiger partial charge in [-0.1, -0.05) is 19.4 Å². The zero-order valence-corrected chi connectivity index (χ0v) is 10.7. The fraction of sp³-hybridized carbons (Fsp3) is 0.500. The minimum Gasteiger partial charge on any atom is -0.508 e. The molecule has 0 aliphatic carbocycles. The SMILES string of the molecule is Br.CCCC1NCCc2cc(O)ccc21. The highest BCUT2D eigenvalue weighted by Gasteiger charge is 2.18. The smallest absolute Gasteiger partial charge is 0.115 e. The molecule has 1 aromatic rings. The summed E-state index contributed by atoms with van der Waals surface area (Å²) in [6, 6.07) is 6.23.